The lowest BCUT2D eigenvalue weighted by molar-refractivity contribution is -0.104. The van der Waals surface area contributed by atoms with Crippen LogP contribution < -0.4 is 0 Å². The highest BCUT2D eigenvalue weighted by molar-refractivity contribution is 6.33. The van der Waals surface area contributed by atoms with Crippen molar-refractivity contribution < 1.29 is 19.0 Å². The predicted molar refractivity (Wildman–Crippen MR) is 80.4 cm³/mol. The summed E-state index contributed by atoms with van der Waals surface area (Å²) >= 11 is 5.89. The molecule has 10 heteroatoms. The molecule has 128 valence electrons. The molecule has 3 atom stereocenters. The number of ether oxygens (including phenoxy) is 2. The van der Waals surface area contributed by atoms with Gasteiger partial charge in [0.05, 0.1) is 25.1 Å². The molecule has 2 aromatic heterocycles. The Bertz CT molecular complexity index is 795. The fraction of sp³-hybridized carbons (Fsp3) is 0.571. The minimum Gasteiger partial charge on any atom is -0.395 e. The van der Waals surface area contributed by atoms with Crippen LogP contribution in [0.3, 0.4) is 0 Å². The molecule has 3 rings (SSSR count). The summed E-state index contributed by atoms with van der Waals surface area (Å²) in [6.07, 6.45) is 0.730. The van der Waals surface area contributed by atoms with Gasteiger partial charge in [-0.05, 0) is 12.8 Å². The van der Waals surface area contributed by atoms with Gasteiger partial charge in [-0.25, -0.2) is 4.98 Å². The highest BCUT2D eigenvalue weighted by atomic mass is 35.5. The minimum atomic E-state index is -1.07. The maximum Gasteiger partial charge on any atom is 0.312 e. The maximum atomic E-state index is 13.5. The molecule has 0 aliphatic heterocycles. The third kappa shape index (κ3) is 2.71. The van der Waals surface area contributed by atoms with Crippen molar-refractivity contribution >= 4 is 22.8 Å². The van der Waals surface area contributed by atoms with Crippen LogP contribution in [0.1, 0.15) is 18.9 Å². The fourth-order valence-corrected chi connectivity index (χ4v) is 3.34. The van der Waals surface area contributed by atoms with Crippen LogP contribution >= 0.6 is 11.6 Å². The summed E-state index contributed by atoms with van der Waals surface area (Å²) in [4.78, 5) is 11.3. The Balaban J connectivity index is 1.98. The molecule has 0 bridgehead atoms. The highest BCUT2D eigenvalue weighted by Gasteiger charge is 2.49. The van der Waals surface area contributed by atoms with E-state index in [1.165, 1.54) is 13.4 Å². The number of halogens is 2. The number of fused-ring (bicyclic) bond motifs is 1. The van der Waals surface area contributed by atoms with Crippen LogP contribution in [-0.4, -0.2) is 51.2 Å². The van der Waals surface area contributed by atoms with E-state index in [2.05, 4.69) is 21.0 Å². The van der Waals surface area contributed by atoms with E-state index in [4.69, 9.17) is 21.1 Å². The zero-order valence-electron chi connectivity index (χ0n) is 12.8. The number of imidazole rings is 1. The van der Waals surface area contributed by atoms with Crippen LogP contribution in [0, 0.1) is 22.8 Å². The van der Waals surface area contributed by atoms with E-state index in [-0.39, 0.29) is 35.8 Å². The normalized spacial score (nSPS) is 26.8. The van der Waals surface area contributed by atoms with Crippen LogP contribution in [-0.2, 0) is 9.47 Å². The van der Waals surface area contributed by atoms with Crippen molar-refractivity contribution in [3.8, 4) is 6.07 Å². The van der Waals surface area contributed by atoms with Crippen LogP contribution in [0.2, 0.25) is 5.15 Å². The Labute approximate surface area is 141 Å². The lowest BCUT2D eigenvalue weighted by Crippen LogP contribution is -2.34. The van der Waals surface area contributed by atoms with Gasteiger partial charge < -0.3 is 19.1 Å². The lowest BCUT2D eigenvalue weighted by Gasteiger charge is -2.25. The number of nitrogens with zero attached hydrogens (tertiary/aromatic N) is 5. The van der Waals surface area contributed by atoms with Crippen LogP contribution in [0.4, 0.5) is 4.39 Å². The van der Waals surface area contributed by atoms with E-state index in [9.17, 15) is 14.8 Å². The molecular weight excluding hydrogens is 341 g/mol. The molecule has 2 aromatic rings. The van der Waals surface area contributed by atoms with E-state index >= 15 is 0 Å². The molecule has 8 nitrogen and oxygen atoms in total. The second-order valence-corrected chi connectivity index (χ2v) is 6.05. The van der Waals surface area contributed by atoms with Crippen molar-refractivity contribution in [1.82, 2.24) is 19.5 Å². The lowest BCUT2D eigenvalue weighted by atomic mass is 9.86. The first-order valence-corrected chi connectivity index (χ1v) is 7.60. The van der Waals surface area contributed by atoms with Gasteiger partial charge >= 0.3 is 6.08 Å². The average Bonchev–Trinajstić information content (AvgIpc) is 3.14. The Kier molecular flexibility index (Phi) is 4.64. The van der Waals surface area contributed by atoms with Crippen LogP contribution in [0.15, 0.2) is 6.33 Å². The molecule has 1 aliphatic rings. The number of aromatic nitrogens is 4. The Hall–Kier alpha value is -1.86. The van der Waals surface area contributed by atoms with Crippen molar-refractivity contribution in [2.75, 3.05) is 20.5 Å². The molecule has 1 saturated carbocycles. The Morgan fingerprint density at radius 1 is 1.58 bits per heavy atom. The molecule has 0 saturated heterocycles. The zero-order valence-corrected chi connectivity index (χ0v) is 13.6. The summed E-state index contributed by atoms with van der Waals surface area (Å²) in [5.41, 5.74) is -0.546. The fourth-order valence-electron chi connectivity index (χ4n) is 3.14. The number of hydrogen-bond donors (Lipinski definition) is 1. The molecule has 1 aliphatic carbocycles. The molecular formula is C14H15ClFN5O3. The first-order valence-electron chi connectivity index (χ1n) is 7.23. The number of rotatable bonds is 5. The number of hydrogen-bond acceptors (Lipinski definition) is 7. The van der Waals surface area contributed by atoms with Crippen molar-refractivity contribution in [3.63, 3.8) is 0 Å². The number of aliphatic hydroxyl groups is 1. The molecule has 1 fully saturated rings. The van der Waals surface area contributed by atoms with Crippen molar-refractivity contribution in [1.29, 1.82) is 5.26 Å². The second kappa shape index (κ2) is 6.57. The van der Waals surface area contributed by atoms with E-state index in [0.717, 1.165) is 0 Å². The standard InChI is InChI=1S/C14H15ClFN5O3/c1-23-7-24-9-2-8(3-14(9,4-17)5-22)21-6-18-10-11(15)19-13(16)20-12(10)21/h6,8-9,22H,2-3,5,7H2,1H3/t8-,9-,14-/m0/s1. The SMILES string of the molecule is COCO[C@H]1C[C@H](n2cnc3c(Cl)nc(F)nc32)C[C@]1(C#N)CO. The summed E-state index contributed by atoms with van der Waals surface area (Å²) in [7, 11) is 1.48. The molecule has 0 radical (unpaired) electrons. The van der Waals surface area contributed by atoms with Crippen molar-refractivity contribution in [2.45, 2.75) is 25.0 Å². The molecule has 2 heterocycles. The highest BCUT2D eigenvalue weighted by Crippen LogP contribution is 2.46. The van der Waals surface area contributed by atoms with Gasteiger partial charge in [-0.1, -0.05) is 11.6 Å². The first-order chi connectivity index (χ1) is 11.5. The van der Waals surface area contributed by atoms with E-state index in [1.54, 1.807) is 4.57 Å². The summed E-state index contributed by atoms with van der Waals surface area (Å²) < 4.78 is 25.6. The topological polar surface area (TPSA) is 106 Å². The summed E-state index contributed by atoms with van der Waals surface area (Å²) in [6.45, 7) is -0.348. The van der Waals surface area contributed by atoms with Gasteiger partial charge in [0.25, 0.3) is 0 Å². The van der Waals surface area contributed by atoms with Gasteiger partial charge in [-0.2, -0.15) is 19.6 Å². The molecule has 0 spiro atoms. The maximum absolute atomic E-state index is 13.5. The van der Waals surface area contributed by atoms with Gasteiger partial charge in [0, 0.05) is 13.2 Å². The van der Waals surface area contributed by atoms with Crippen molar-refractivity contribution in [3.05, 3.63) is 17.6 Å². The van der Waals surface area contributed by atoms with Gasteiger partial charge in [0.1, 0.15) is 17.7 Å². The van der Waals surface area contributed by atoms with Crippen LogP contribution in [0.25, 0.3) is 11.2 Å². The van der Waals surface area contributed by atoms with Gasteiger partial charge in [-0.15, -0.1) is 0 Å². The molecule has 1 N–H and O–H groups in total. The quantitative estimate of drug-likeness (QED) is 0.491. The third-order valence-electron chi connectivity index (χ3n) is 4.34. The van der Waals surface area contributed by atoms with Gasteiger partial charge in [0.2, 0.25) is 0 Å². The van der Waals surface area contributed by atoms with E-state index < -0.39 is 17.6 Å². The molecule has 24 heavy (non-hydrogen) atoms. The summed E-state index contributed by atoms with van der Waals surface area (Å²) in [5, 5.41) is 19.2. The van der Waals surface area contributed by atoms with Crippen molar-refractivity contribution in [2.24, 2.45) is 5.41 Å². The zero-order chi connectivity index (χ0) is 17.3. The van der Waals surface area contributed by atoms with E-state index in [1.807, 2.05) is 0 Å². The smallest absolute Gasteiger partial charge is 0.312 e. The monoisotopic (exact) mass is 355 g/mol. The molecule has 0 amide bonds. The number of methoxy groups -OCH3 is 1. The van der Waals surface area contributed by atoms with Gasteiger partial charge in [0.15, 0.2) is 10.8 Å². The third-order valence-corrected chi connectivity index (χ3v) is 4.60. The van der Waals surface area contributed by atoms with Gasteiger partial charge in [-0.3, -0.25) is 0 Å². The first kappa shape index (κ1) is 17.0. The number of aliphatic hydroxyl groups excluding tert-OH is 1. The average molecular weight is 356 g/mol. The Morgan fingerprint density at radius 2 is 2.38 bits per heavy atom. The second-order valence-electron chi connectivity index (χ2n) is 5.69. The van der Waals surface area contributed by atoms with E-state index in [0.29, 0.717) is 12.8 Å². The Morgan fingerprint density at radius 3 is 3.04 bits per heavy atom. The minimum absolute atomic E-state index is 0.00805. The number of nitriles is 1. The predicted octanol–water partition coefficient (Wildman–Crippen LogP) is 1.45. The summed E-state index contributed by atoms with van der Waals surface area (Å²) in [5.74, 6) is 0. The molecule has 0 aromatic carbocycles. The van der Waals surface area contributed by atoms with Crippen LogP contribution in [0.5, 0.6) is 0 Å². The molecule has 0 unspecified atom stereocenters. The largest absolute Gasteiger partial charge is 0.395 e. The summed E-state index contributed by atoms with van der Waals surface area (Å²) in [6, 6.07) is 1.90.